The Kier molecular flexibility index (Phi) is 5.75. The van der Waals surface area contributed by atoms with Crippen LogP contribution in [0.1, 0.15) is 30.6 Å². The maximum absolute atomic E-state index is 12.3. The summed E-state index contributed by atoms with van der Waals surface area (Å²) in [5.74, 6) is 0.734. The molecule has 1 fully saturated rings. The second-order valence-corrected chi connectivity index (χ2v) is 7.09. The molecule has 0 spiro atoms. The summed E-state index contributed by atoms with van der Waals surface area (Å²) in [5.41, 5.74) is 1.92. The largest absolute Gasteiger partial charge is 0.495 e. The zero-order chi connectivity index (χ0) is 16.8. The lowest BCUT2D eigenvalue weighted by molar-refractivity contribution is -0.116. The van der Waals surface area contributed by atoms with Gasteiger partial charge in [0.15, 0.2) is 0 Å². The number of nitrogens with zero attached hydrogens (tertiary/aromatic N) is 1. The molecule has 0 aliphatic carbocycles. The zero-order valence-electron chi connectivity index (χ0n) is 14.1. The number of nitrogens with one attached hydrogen (secondary N) is 1. The molecule has 2 heterocycles. The molecular weight excluding hydrogens is 320 g/mol. The van der Waals surface area contributed by atoms with Crippen molar-refractivity contribution in [1.82, 2.24) is 0 Å². The first kappa shape index (κ1) is 16.8. The molecule has 128 valence electrons. The SMILES string of the molecule is COc1ccc(N2CCCCC2)cc1NC(=O)CCc1cccs1. The van der Waals surface area contributed by atoms with E-state index in [-0.39, 0.29) is 5.91 Å². The molecule has 1 aromatic carbocycles. The molecule has 0 saturated carbocycles. The van der Waals surface area contributed by atoms with Gasteiger partial charge in [-0.3, -0.25) is 4.79 Å². The fraction of sp³-hybridized carbons (Fsp3) is 0.421. The van der Waals surface area contributed by atoms with Crippen LogP contribution in [-0.4, -0.2) is 26.1 Å². The van der Waals surface area contributed by atoms with Gasteiger partial charge >= 0.3 is 0 Å². The Hall–Kier alpha value is -2.01. The Morgan fingerprint density at radius 1 is 1.25 bits per heavy atom. The number of benzene rings is 1. The molecule has 0 atom stereocenters. The van der Waals surface area contributed by atoms with Crippen LogP contribution < -0.4 is 15.0 Å². The van der Waals surface area contributed by atoms with Crippen molar-refractivity contribution in [3.8, 4) is 5.75 Å². The molecule has 0 radical (unpaired) electrons. The predicted octanol–water partition coefficient (Wildman–Crippen LogP) is 4.32. The van der Waals surface area contributed by atoms with E-state index in [2.05, 4.69) is 22.3 Å². The van der Waals surface area contributed by atoms with Gasteiger partial charge in [0.25, 0.3) is 0 Å². The molecule has 4 nitrogen and oxygen atoms in total. The number of aryl methyl sites for hydroxylation is 1. The molecule has 2 aromatic rings. The van der Waals surface area contributed by atoms with Gasteiger partial charge < -0.3 is 15.0 Å². The fourth-order valence-corrected chi connectivity index (χ4v) is 3.76. The van der Waals surface area contributed by atoms with Gasteiger partial charge in [0.2, 0.25) is 5.91 Å². The summed E-state index contributed by atoms with van der Waals surface area (Å²) >= 11 is 1.69. The van der Waals surface area contributed by atoms with E-state index in [9.17, 15) is 4.79 Å². The monoisotopic (exact) mass is 344 g/mol. The van der Waals surface area contributed by atoms with Gasteiger partial charge in [-0.05, 0) is 55.3 Å². The van der Waals surface area contributed by atoms with Crippen LogP contribution >= 0.6 is 11.3 Å². The van der Waals surface area contributed by atoms with E-state index in [0.717, 1.165) is 30.9 Å². The second kappa shape index (κ2) is 8.20. The van der Waals surface area contributed by atoms with E-state index >= 15 is 0 Å². The molecule has 0 bridgehead atoms. The third-order valence-corrected chi connectivity index (χ3v) is 5.29. The van der Waals surface area contributed by atoms with Gasteiger partial charge in [-0.1, -0.05) is 6.07 Å². The number of methoxy groups -OCH3 is 1. The first-order valence-electron chi connectivity index (χ1n) is 8.51. The number of ether oxygens (including phenoxy) is 1. The van der Waals surface area contributed by atoms with E-state index < -0.39 is 0 Å². The van der Waals surface area contributed by atoms with Crippen molar-refractivity contribution in [2.24, 2.45) is 0 Å². The Morgan fingerprint density at radius 3 is 2.79 bits per heavy atom. The van der Waals surface area contributed by atoms with Crippen LogP contribution in [0.4, 0.5) is 11.4 Å². The number of hydrogen-bond acceptors (Lipinski definition) is 4. The molecule has 24 heavy (non-hydrogen) atoms. The molecule has 1 saturated heterocycles. The van der Waals surface area contributed by atoms with Gasteiger partial charge in [-0.25, -0.2) is 0 Å². The average Bonchev–Trinajstić information content (AvgIpc) is 3.14. The summed E-state index contributed by atoms with van der Waals surface area (Å²) in [4.78, 5) is 15.9. The number of thiophene rings is 1. The number of carbonyl (C=O) groups excluding carboxylic acids is 1. The lowest BCUT2D eigenvalue weighted by atomic mass is 10.1. The van der Waals surface area contributed by atoms with Crippen LogP contribution in [-0.2, 0) is 11.2 Å². The summed E-state index contributed by atoms with van der Waals surface area (Å²) in [6.07, 6.45) is 5.03. The Balaban J connectivity index is 1.66. The summed E-state index contributed by atoms with van der Waals surface area (Å²) in [6, 6.07) is 10.1. The topological polar surface area (TPSA) is 41.6 Å². The van der Waals surface area contributed by atoms with E-state index in [1.807, 2.05) is 23.6 Å². The highest BCUT2D eigenvalue weighted by Crippen LogP contribution is 2.31. The Morgan fingerprint density at radius 2 is 2.08 bits per heavy atom. The quantitative estimate of drug-likeness (QED) is 0.848. The molecule has 1 N–H and O–H groups in total. The number of hydrogen-bond donors (Lipinski definition) is 1. The Labute approximate surface area is 147 Å². The molecule has 3 rings (SSSR count). The number of rotatable bonds is 6. The number of amides is 1. The average molecular weight is 344 g/mol. The summed E-state index contributed by atoms with van der Waals surface area (Å²) in [5, 5.41) is 5.06. The van der Waals surface area contributed by atoms with Gasteiger partial charge in [0, 0.05) is 30.1 Å². The minimum absolute atomic E-state index is 0.0255. The second-order valence-electron chi connectivity index (χ2n) is 6.06. The van der Waals surface area contributed by atoms with Crippen LogP contribution in [0.2, 0.25) is 0 Å². The number of piperidine rings is 1. The van der Waals surface area contributed by atoms with Crippen LogP contribution in [0.3, 0.4) is 0 Å². The van der Waals surface area contributed by atoms with Crippen LogP contribution in [0, 0.1) is 0 Å². The van der Waals surface area contributed by atoms with E-state index in [1.165, 1.54) is 24.1 Å². The molecule has 1 amide bonds. The van der Waals surface area contributed by atoms with Crippen molar-refractivity contribution < 1.29 is 9.53 Å². The number of carbonyl (C=O) groups is 1. The van der Waals surface area contributed by atoms with Gasteiger partial charge in [0.1, 0.15) is 5.75 Å². The Bertz CT molecular complexity index is 664. The lowest BCUT2D eigenvalue weighted by Crippen LogP contribution is -2.29. The van der Waals surface area contributed by atoms with E-state index in [4.69, 9.17) is 4.74 Å². The third kappa shape index (κ3) is 4.29. The minimum Gasteiger partial charge on any atom is -0.495 e. The molecule has 1 aliphatic rings. The smallest absolute Gasteiger partial charge is 0.224 e. The van der Waals surface area contributed by atoms with Crippen molar-refractivity contribution in [2.45, 2.75) is 32.1 Å². The molecule has 0 unspecified atom stereocenters. The standard InChI is InChI=1S/C19H24N2O2S/c1-23-18-9-7-15(21-11-3-2-4-12-21)14-17(18)20-19(22)10-8-16-6-5-13-24-16/h5-7,9,13-14H,2-4,8,10-12H2,1H3,(H,20,22). The van der Waals surface area contributed by atoms with E-state index in [1.54, 1.807) is 18.4 Å². The normalized spacial score (nSPS) is 14.5. The van der Waals surface area contributed by atoms with Crippen LogP contribution in [0.15, 0.2) is 35.7 Å². The summed E-state index contributed by atoms with van der Waals surface area (Å²) < 4.78 is 5.41. The van der Waals surface area contributed by atoms with Gasteiger partial charge in [-0.2, -0.15) is 0 Å². The fourth-order valence-electron chi connectivity index (χ4n) is 3.05. The third-order valence-electron chi connectivity index (χ3n) is 4.36. The number of anilines is 2. The first-order valence-corrected chi connectivity index (χ1v) is 9.39. The molecular formula is C19H24N2O2S. The van der Waals surface area contributed by atoms with Gasteiger partial charge in [-0.15, -0.1) is 11.3 Å². The van der Waals surface area contributed by atoms with Crippen molar-refractivity contribution in [2.75, 3.05) is 30.4 Å². The lowest BCUT2D eigenvalue weighted by Gasteiger charge is -2.29. The predicted molar refractivity (Wildman–Crippen MR) is 100 cm³/mol. The van der Waals surface area contributed by atoms with Crippen molar-refractivity contribution in [1.29, 1.82) is 0 Å². The maximum atomic E-state index is 12.3. The molecule has 1 aliphatic heterocycles. The minimum atomic E-state index is 0.0255. The zero-order valence-corrected chi connectivity index (χ0v) is 14.9. The van der Waals surface area contributed by atoms with Crippen molar-refractivity contribution in [3.05, 3.63) is 40.6 Å². The highest BCUT2D eigenvalue weighted by Gasteiger charge is 2.14. The highest BCUT2D eigenvalue weighted by atomic mass is 32.1. The van der Waals surface area contributed by atoms with Gasteiger partial charge in [0.05, 0.1) is 12.8 Å². The van der Waals surface area contributed by atoms with Crippen LogP contribution in [0.25, 0.3) is 0 Å². The summed E-state index contributed by atoms with van der Waals surface area (Å²) in [7, 11) is 1.64. The van der Waals surface area contributed by atoms with E-state index in [0.29, 0.717) is 12.2 Å². The van der Waals surface area contributed by atoms with Crippen molar-refractivity contribution >= 4 is 28.6 Å². The molecule has 1 aromatic heterocycles. The maximum Gasteiger partial charge on any atom is 0.224 e. The highest BCUT2D eigenvalue weighted by molar-refractivity contribution is 7.09. The molecule has 5 heteroatoms. The summed E-state index contributed by atoms with van der Waals surface area (Å²) in [6.45, 7) is 2.16. The van der Waals surface area contributed by atoms with Crippen molar-refractivity contribution in [3.63, 3.8) is 0 Å². The van der Waals surface area contributed by atoms with Crippen LogP contribution in [0.5, 0.6) is 5.75 Å². The first-order chi connectivity index (χ1) is 11.8.